The SMILES string of the molecule is COc1ccc(Cl)cc1N(CC(=O)Nc1ccc(C)c(C)c1)S(C)(=O)=O. The quantitative estimate of drug-likeness (QED) is 0.812. The molecular weight excluding hydrogens is 376 g/mol. The van der Waals surface area contributed by atoms with Crippen LogP contribution in [0.4, 0.5) is 11.4 Å². The number of anilines is 2. The van der Waals surface area contributed by atoms with Crippen LogP contribution in [0.25, 0.3) is 0 Å². The Morgan fingerprint density at radius 2 is 1.85 bits per heavy atom. The number of nitrogens with one attached hydrogen (secondary N) is 1. The number of methoxy groups -OCH3 is 1. The van der Waals surface area contributed by atoms with E-state index in [1.807, 2.05) is 26.0 Å². The number of rotatable bonds is 6. The Hall–Kier alpha value is -2.25. The van der Waals surface area contributed by atoms with Crippen LogP contribution in [0.15, 0.2) is 36.4 Å². The van der Waals surface area contributed by atoms with Crippen molar-refractivity contribution in [2.24, 2.45) is 0 Å². The minimum absolute atomic E-state index is 0.206. The molecule has 1 amide bonds. The third-order valence-corrected chi connectivity index (χ3v) is 5.25. The molecule has 0 aromatic heterocycles. The predicted molar refractivity (Wildman–Crippen MR) is 105 cm³/mol. The van der Waals surface area contributed by atoms with Crippen molar-refractivity contribution in [3.63, 3.8) is 0 Å². The van der Waals surface area contributed by atoms with Crippen molar-refractivity contribution in [3.8, 4) is 5.75 Å². The number of ether oxygens (including phenoxy) is 1. The van der Waals surface area contributed by atoms with Gasteiger partial charge in [0.2, 0.25) is 15.9 Å². The van der Waals surface area contributed by atoms with E-state index in [1.165, 1.54) is 13.2 Å². The van der Waals surface area contributed by atoms with Crippen molar-refractivity contribution in [1.29, 1.82) is 0 Å². The summed E-state index contributed by atoms with van der Waals surface area (Å²) in [5.41, 5.74) is 2.94. The molecule has 0 aliphatic rings. The van der Waals surface area contributed by atoms with Gasteiger partial charge in [-0.2, -0.15) is 0 Å². The molecule has 8 heteroatoms. The van der Waals surface area contributed by atoms with Crippen LogP contribution in [0, 0.1) is 13.8 Å². The van der Waals surface area contributed by atoms with Crippen molar-refractivity contribution in [2.45, 2.75) is 13.8 Å². The van der Waals surface area contributed by atoms with Gasteiger partial charge in [0.15, 0.2) is 0 Å². The second-order valence-electron chi connectivity index (χ2n) is 5.93. The summed E-state index contributed by atoms with van der Waals surface area (Å²) >= 11 is 5.99. The van der Waals surface area contributed by atoms with Gasteiger partial charge in [0.25, 0.3) is 0 Å². The van der Waals surface area contributed by atoms with E-state index in [1.54, 1.807) is 18.2 Å². The van der Waals surface area contributed by atoms with Gasteiger partial charge in [0, 0.05) is 10.7 Å². The highest BCUT2D eigenvalue weighted by atomic mass is 35.5. The first-order chi connectivity index (χ1) is 12.1. The van der Waals surface area contributed by atoms with Gasteiger partial charge in [0.1, 0.15) is 12.3 Å². The molecule has 0 aliphatic heterocycles. The smallest absolute Gasteiger partial charge is 0.245 e. The van der Waals surface area contributed by atoms with Gasteiger partial charge < -0.3 is 10.1 Å². The fraction of sp³-hybridized carbons (Fsp3) is 0.278. The van der Waals surface area contributed by atoms with Crippen LogP contribution >= 0.6 is 11.6 Å². The van der Waals surface area contributed by atoms with Crippen LogP contribution < -0.4 is 14.4 Å². The number of carbonyl (C=O) groups is 1. The van der Waals surface area contributed by atoms with Gasteiger partial charge in [-0.1, -0.05) is 17.7 Å². The molecule has 140 valence electrons. The molecule has 0 radical (unpaired) electrons. The summed E-state index contributed by atoms with van der Waals surface area (Å²) in [6.07, 6.45) is 1.02. The minimum atomic E-state index is -3.74. The van der Waals surface area contributed by atoms with Gasteiger partial charge in [-0.05, 0) is 55.3 Å². The predicted octanol–water partition coefficient (Wildman–Crippen LogP) is 3.37. The molecule has 0 saturated carbocycles. The molecule has 26 heavy (non-hydrogen) atoms. The van der Waals surface area contributed by atoms with E-state index in [-0.39, 0.29) is 5.69 Å². The molecule has 1 N–H and O–H groups in total. The summed E-state index contributed by atoms with van der Waals surface area (Å²) in [5, 5.41) is 3.05. The number of hydrogen-bond acceptors (Lipinski definition) is 4. The Balaban J connectivity index is 2.30. The van der Waals surface area contributed by atoms with Crippen molar-refractivity contribution >= 4 is 38.9 Å². The normalized spacial score (nSPS) is 11.1. The number of nitrogens with zero attached hydrogens (tertiary/aromatic N) is 1. The fourth-order valence-electron chi connectivity index (χ4n) is 2.39. The van der Waals surface area contributed by atoms with E-state index in [0.29, 0.717) is 16.5 Å². The Morgan fingerprint density at radius 1 is 1.15 bits per heavy atom. The van der Waals surface area contributed by atoms with Crippen molar-refractivity contribution in [3.05, 3.63) is 52.5 Å². The van der Waals surface area contributed by atoms with Gasteiger partial charge in [-0.3, -0.25) is 9.10 Å². The largest absolute Gasteiger partial charge is 0.495 e. The topological polar surface area (TPSA) is 75.7 Å². The molecule has 2 rings (SSSR count). The summed E-state index contributed by atoms with van der Waals surface area (Å²) in [5.74, 6) is -0.167. The molecule has 0 aliphatic carbocycles. The zero-order valence-electron chi connectivity index (χ0n) is 15.0. The van der Waals surface area contributed by atoms with Gasteiger partial charge in [-0.15, -0.1) is 0 Å². The monoisotopic (exact) mass is 396 g/mol. The second kappa shape index (κ2) is 7.97. The van der Waals surface area contributed by atoms with Crippen molar-refractivity contribution in [1.82, 2.24) is 0 Å². The molecule has 0 unspecified atom stereocenters. The van der Waals surface area contributed by atoms with Gasteiger partial charge in [0.05, 0.1) is 19.1 Å². The maximum absolute atomic E-state index is 12.4. The molecule has 0 saturated heterocycles. The Morgan fingerprint density at radius 3 is 2.42 bits per heavy atom. The zero-order chi connectivity index (χ0) is 19.5. The van der Waals surface area contributed by atoms with E-state index in [2.05, 4.69) is 5.32 Å². The maximum atomic E-state index is 12.4. The third kappa shape index (κ3) is 4.89. The van der Waals surface area contributed by atoms with E-state index >= 15 is 0 Å². The summed E-state index contributed by atoms with van der Waals surface area (Å²) in [6, 6.07) is 10.1. The lowest BCUT2D eigenvalue weighted by atomic mass is 10.1. The van der Waals surface area contributed by atoms with Gasteiger partial charge >= 0.3 is 0 Å². The molecule has 0 heterocycles. The number of aryl methyl sites for hydroxylation is 2. The van der Waals surface area contributed by atoms with Gasteiger partial charge in [-0.25, -0.2) is 8.42 Å². The number of sulfonamides is 1. The van der Waals surface area contributed by atoms with E-state index in [0.717, 1.165) is 21.7 Å². The molecular formula is C18H21ClN2O4S. The second-order valence-corrected chi connectivity index (χ2v) is 8.28. The maximum Gasteiger partial charge on any atom is 0.245 e. The highest BCUT2D eigenvalue weighted by molar-refractivity contribution is 7.92. The molecule has 0 spiro atoms. The molecule has 2 aromatic rings. The van der Waals surface area contributed by atoms with Crippen LogP contribution in [-0.4, -0.2) is 34.2 Å². The Kier molecular flexibility index (Phi) is 6.15. The molecule has 2 aromatic carbocycles. The van der Waals surface area contributed by atoms with Crippen molar-refractivity contribution < 1.29 is 17.9 Å². The fourth-order valence-corrected chi connectivity index (χ4v) is 3.41. The lowest BCUT2D eigenvalue weighted by Gasteiger charge is -2.24. The number of carbonyl (C=O) groups excluding carboxylic acids is 1. The number of hydrogen-bond donors (Lipinski definition) is 1. The highest BCUT2D eigenvalue weighted by Crippen LogP contribution is 2.32. The minimum Gasteiger partial charge on any atom is -0.495 e. The summed E-state index contributed by atoms with van der Waals surface area (Å²) in [6.45, 7) is 3.50. The van der Waals surface area contributed by atoms with Crippen LogP contribution in [0.2, 0.25) is 5.02 Å². The van der Waals surface area contributed by atoms with E-state index in [4.69, 9.17) is 16.3 Å². The number of benzene rings is 2. The third-order valence-electron chi connectivity index (χ3n) is 3.89. The van der Waals surface area contributed by atoms with E-state index in [9.17, 15) is 13.2 Å². The molecule has 6 nitrogen and oxygen atoms in total. The lowest BCUT2D eigenvalue weighted by molar-refractivity contribution is -0.114. The van der Waals surface area contributed by atoms with Crippen molar-refractivity contribution in [2.75, 3.05) is 29.5 Å². The van der Waals surface area contributed by atoms with Crippen LogP contribution in [0.5, 0.6) is 5.75 Å². The summed E-state index contributed by atoms with van der Waals surface area (Å²) in [4.78, 5) is 12.4. The summed E-state index contributed by atoms with van der Waals surface area (Å²) < 4.78 is 30.7. The highest BCUT2D eigenvalue weighted by Gasteiger charge is 2.24. The first-order valence-electron chi connectivity index (χ1n) is 7.80. The molecule has 0 bridgehead atoms. The van der Waals surface area contributed by atoms with E-state index < -0.39 is 22.5 Å². The first kappa shape index (κ1) is 20.1. The van der Waals surface area contributed by atoms with Crippen LogP contribution in [-0.2, 0) is 14.8 Å². The number of amides is 1. The number of halogens is 1. The Labute approximate surface area is 158 Å². The standard InChI is InChI=1S/C18H21ClN2O4S/c1-12-5-7-15(9-13(12)2)20-18(22)11-21(26(4,23)24)16-10-14(19)6-8-17(16)25-3/h5-10H,11H2,1-4H3,(H,20,22). The average molecular weight is 397 g/mol. The summed E-state index contributed by atoms with van der Waals surface area (Å²) in [7, 11) is -2.32. The first-order valence-corrected chi connectivity index (χ1v) is 10.0. The lowest BCUT2D eigenvalue weighted by Crippen LogP contribution is -2.37. The van der Waals surface area contributed by atoms with Crippen LogP contribution in [0.3, 0.4) is 0 Å². The average Bonchev–Trinajstić information content (AvgIpc) is 2.55. The molecule has 0 atom stereocenters. The van der Waals surface area contributed by atoms with Crippen LogP contribution in [0.1, 0.15) is 11.1 Å². The zero-order valence-corrected chi connectivity index (χ0v) is 16.6. The molecule has 0 fully saturated rings. The Bertz CT molecular complexity index is 929.